The van der Waals surface area contributed by atoms with E-state index < -0.39 is 0 Å². The minimum Gasteiger partial charge on any atom is -0.302 e. The van der Waals surface area contributed by atoms with Gasteiger partial charge in [-0.05, 0) is 106 Å². The molecule has 0 bridgehead atoms. The van der Waals surface area contributed by atoms with Crippen LogP contribution in [0.1, 0.15) is 99.2 Å². The van der Waals surface area contributed by atoms with Gasteiger partial charge in [0.05, 0.1) is 0 Å². The molecule has 0 saturated carbocycles. The molecule has 1 fully saturated rings. The molecule has 1 unspecified atom stereocenters. The topological polar surface area (TPSA) is 6.48 Å². The zero-order valence-corrected chi connectivity index (χ0v) is 29.9. The van der Waals surface area contributed by atoms with Gasteiger partial charge < -0.3 is 9.80 Å². The summed E-state index contributed by atoms with van der Waals surface area (Å²) >= 11 is 0. The molecule has 4 aromatic carbocycles. The van der Waals surface area contributed by atoms with E-state index in [4.69, 9.17) is 0 Å². The molecule has 2 nitrogen and oxygen atoms in total. The summed E-state index contributed by atoms with van der Waals surface area (Å²) in [6.45, 7) is 18.1. The van der Waals surface area contributed by atoms with E-state index in [2.05, 4.69) is 160 Å². The molecule has 2 heteroatoms. The normalized spacial score (nSPS) is 14.2. The molecular formula is C44H60N2. The van der Waals surface area contributed by atoms with Crippen LogP contribution >= 0.6 is 0 Å². The molecule has 46 heavy (non-hydrogen) atoms. The second-order valence-corrected chi connectivity index (χ2v) is 12.7. The van der Waals surface area contributed by atoms with Crippen LogP contribution in [0, 0.1) is 5.92 Å². The Morgan fingerprint density at radius 1 is 0.783 bits per heavy atom. The van der Waals surface area contributed by atoms with Crippen LogP contribution in [0.5, 0.6) is 0 Å². The highest BCUT2D eigenvalue weighted by atomic mass is 15.1. The van der Waals surface area contributed by atoms with Crippen LogP contribution in [0.3, 0.4) is 0 Å². The van der Waals surface area contributed by atoms with Crippen LogP contribution in [0.2, 0.25) is 0 Å². The zero-order chi connectivity index (χ0) is 33.3. The van der Waals surface area contributed by atoms with E-state index in [1.807, 2.05) is 13.8 Å². The lowest BCUT2D eigenvalue weighted by Crippen LogP contribution is -2.37. The number of likely N-dealkylation sites (tertiary alicyclic amines) is 1. The van der Waals surface area contributed by atoms with Crippen LogP contribution < -0.4 is 0 Å². The van der Waals surface area contributed by atoms with Crippen LogP contribution in [0.15, 0.2) is 116 Å². The van der Waals surface area contributed by atoms with Gasteiger partial charge in [0.1, 0.15) is 0 Å². The Bertz CT molecular complexity index is 1360. The van der Waals surface area contributed by atoms with Crippen molar-refractivity contribution >= 4 is 5.57 Å². The number of hydrogen-bond acceptors (Lipinski definition) is 2. The third kappa shape index (κ3) is 11.1. The zero-order valence-electron chi connectivity index (χ0n) is 29.9. The summed E-state index contributed by atoms with van der Waals surface area (Å²) in [5.41, 5.74) is 9.69. The second kappa shape index (κ2) is 19.9. The van der Waals surface area contributed by atoms with Gasteiger partial charge in [0.2, 0.25) is 0 Å². The Balaban J connectivity index is 0.000000303. The van der Waals surface area contributed by atoms with E-state index in [9.17, 15) is 0 Å². The SMILES string of the molecule is C=C(C)c1cccc(CC2CCN(CC(c3ccccc3)c3ccccc3)CC2)c1.CC.CCc1ccccc1C(CC)N(C)C. The van der Waals surface area contributed by atoms with Gasteiger partial charge in [-0.2, -0.15) is 0 Å². The van der Waals surface area contributed by atoms with Gasteiger partial charge in [-0.15, -0.1) is 0 Å². The first-order chi connectivity index (χ1) is 22.4. The molecule has 0 spiro atoms. The van der Waals surface area contributed by atoms with Gasteiger partial charge in [-0.25, -0.2) is 0 Å². The highest BCUT2D eigenvalue weighted by molar-refractivity contribution is 5.61. The summed E-state index contributed by atoms with van der Waals surface area (Å²) in [6.07, 6.45) is 6.06. The molecule has 1 aliphatic heterocycles. The maximum absolute atomic E-state index is 4.09. The highest BCUT2D eigenvalue weighted by Gasteiger charge is 2.23. The lowest BCUT2D eigenvalue weighted by atomic mass is 9.87. The van der Waals surface area contributed by atoms with Gasteiger partial charge in [0, 0.05) is 18.5 Å². The van der Waals surface area contributed by atoms with Crippen molar-refractivity contribution in [2.45, 2.75) is 78.7 Å². The van der Waals surface area contributed by atoms with Crippen molar-refractivity contribution in [1.82, 2.24) is 9.80 Å². The molecule has 5 rings (SSSR count). The summed E-state index contributed by atoms with van der Waals surface area (Å²) in [4.78, 5) is 4.97. The number of rotatable bonds is 11. The third-order valence-corrected chi connectivity index (χ3v) is 9.30. The van der Waals surface area contributed by atoms with Crippen molar-refractivity contribution in [1.29, 1.82) is 0 Å². The fraction of sp³-hybridized carbons (Fsp3) is 0.409. The number of hydrogen-bond donors (Lipinski definition) is 0. The Kier molecular flexibility index (Phi) is 16.0. The number of allylic oxidation sites excluding steroid dienone is 1. The number of piperidine rings is 1. The fourth-order valence-electron chi connectivity index (χ4n) is 6.75. The van der Waals surface area contributed by atoms with E-state index in [0.29, 0.717) is 12.0 Å². The maximum atomic E-state index is 4.09. The molecule has 0 amide bonds. The Hall–Kier alpha value is -3.46. The summed E-state index contributed by atoms with van der Waals surface area (Å²) in [5, 5.41) is 0. The van der Waals surface area contributed by atoms with Crippen molar-refractivity contribution in [3.8, 4) is 0 Å². The monoisotopic (exact) mass is 616 g/mol. The Morgan fingerprint density at radius 3 is 1.87 bits per heavy atom. The van der Waals surface area contributed by atoms with E-state index in [-0.39, 0.29) is 0 Å². The van der Waals surface area contributed by atoms with E-state index in [1.165, 1.54) is 72.2 Å². The molecule has 246 valence electrons. The minimum atomic E-state index is 0.441. The van der Waals surface area contributed by atoms with Gasteiger partial charge in [-0.1, -0.05) is 149 Å². The van der Waals surface area contributed by atoms with Crippen molar-refractivity contribution in [3.63, 3.8) is 0 Å². The van der Waals surface area contributed by atoms with Gasteiger partial charge in [0.25, 0.3) is 0 Å². The first-order valence-corrected chi connectivity index (χ1v) is 17.7. The minimum absolute atomic E-state index is 0.441. The molecule has 1 atom stereocenters. The van der Waals surface area contributed by atoms with Crippen LogP contribution in [-0.2, 0) is 12.8 Å². The first kappa shape index (κ1) is 37.0. The van der Waals surface area contributed by atoms with Crippen LogP contribution in [0.25, 0.3) is 5.57 Å². The fourth-order valence-corrected chi connectivity index (χ4v) is 6.75. The predicted molar refractivity (Wildman–Crippen MR) is 203 cm³/mol. The smallest absolute Gasteiger partial charge is 0.0342 e. The maximum Gasteiger partial charge on any atom is 0.0342 e. The van der Waals surface area contributed by atoms with Crippen molar-refractivity contribution in [2.24, 2.45) is 5.92 Å². The molecule has 1 heterocycles. The molecular weight excluding hydrogens is 556 g/mol. The molecule has 0 radical (unpaired) electrons. The van der Waals surface area contributed by atoms with E-state index in [1.54, 1.807) is 0 Å². The molecule has 0 aromatic heterocycles. The van der Waals surface area contributed by atoms with Crippen LogP contribution in [-0.4, -0.2) is 43.5 Å². The second-order valence-electron chi connectivity index (χ2n) is 12.7. The summed E-state index contributed by atoms with van der Waals surface area (Å²) in [6, 6.07) is 40.3. The Morgan fingerprint density at radius 2 is 1.35 bits per heavy atom. The van der Waals surface area contributed by atoms with Crippen molar-refractivity contribution in [3.05, 3.63) is 149 Å². The lowest BCUT2D eigenvalue weighted by molar-refractivity contribution is 0.179. The summed E-state index contributed by atoms with van der Waals surface area (Å²) in [7, 11) is 4.31. The average molecular weight is 617 g/mol. The van der Waals surface area contributed by atoms with E-state index in [0.717, 1.165) is 24.5 Å². The molecule has 1 aliphatic rings. The highest BCUT2D eigenvalue weighted by Crippen LogP contribution is 2.29. The van der Waals surface area contributed by atoms with Crippen molar-refractivity contribution in [2.75, 3.05) is 33.7 Å². The average Bonchev–Trinajstić information content (AvgIpc) is 3.10. The standard InChI is InChI=1S/C29H33N.C13H21N.C2H6/c1-23(2)28-15-9-10-25(21-28)20-24-16-18-30(19-17-24)22-29(26-11-5-3-6-12-26)27-13-7-4-8-14-27;1-5-11-9-7-8-10-12(11)13(6-2)14(3)4;1-2/h3-15,21,24,29H,1,16-20,22H2,2H3;7-10,13H,5-6H2,1-4H3;1-2H3. The lowest BCUT2D eigenvalue weighted by Gasteiger charge is -2.34. The van der Waals surface area contributed by atoms with Gasteiger partial charge >= 0.3 is 0 Å². The molecule has 0 aliphatic carbocycles. The number of benzene rings is 4. The number of aryl methyl sites for hydroxylation is 1. The molecule has 1 saturated heterocycles. The predicted octanol–water partition coefficient (Wildman–Crippen LogP) is 11.1. The summed E-state index contributed by atoms with van der Waals surface area (Å²) in [5.74, 6) is 1.23. The van der Waals surface area contributed by atoms with Gasteiger partial charge in [0.15, 0.2) is 0 Å². The largest absolute Gasteiger partial charge is 0.302 e. The Labute approximate surface area is 282 Å². The molecule has 0 N–H and O–H groups in total. The van der Waals surface area contributed by atoms with Crippen molar-refractivity contribution < 1.29 is 0 Å². The van der Waals surface area contributed by atoms with Crippen LogP contribution in [0.4, 0.5) is 0 Å². The quantitative estimate of drug-likeness (QED) is 0.165. The first-order valence-electron chi connectivity index (χ1n) is 17.7. The van der Waals surface area contributed by atoms with E-state index >= 15 is 0 Å². The van der Waals surface area contributed by atoms with Gasteiger partial charge in [-0.3, -0.25) is 0 Å². The number of nitrogens with zero attached hydrogens (tertiary/aromatic N) is 2. The molecule has 4 aromatic rings. The third-order valence-electron chi connectivity index (χ3n) is 9.30. The summed E-state index contributed by atoms with van der Waals surface area (Å²) < 4.78 is 0.